The van der Waals surface area contributed by atoms with E-state index in [4.69, 9.17) is 0 Å². The lowest BCUT2D eigenvalue weighted by Crippen LogP contribution is -2.29. The van der Waals surface area contributed by atoms with Crippen LogP contribution in [0.2, 0.25) is 0 Å². The fourth-order valence-corrected chi connectivity index (χ4v) is 4.85. The number of nitrogens with one attached hydrogen (secondary N) is 2. The van der Waals surface area contributed by atoms with Gasteiger partial charge in [0.2, 0.25) is 0 Å². The molecule has 1 atom stereocenters. The molecule has 1 unspecified atom stereocenters. The summed E-state index contributed by atoms with van der Waals surface area (Å²) in [6, 6.07) is 16.7. The molecule has 1 fully saturated rings. The molecule has 4 rings (SSSR count). The van der Waals surface area contributed by atoms with Crippen molar-refractivity contribution in [3.05, 3.63) is 70.9 Å². The van der Waals surface area contributed by atoms with Gasteiger partial charge in [0.05, 0.1) is 6.04 Å². The highest BCUT2D eigenvalue weighted by Gasteiger charge is 2.18. The number of amides is 1. The average Bonchev–Trinajstić information content (AvgIpc) is 2.88. The Kier molecular flexibility index (Phi) is 7.67. The van der Waals surface area contributed by atoms with Gasteiger partial charge in [-0.05, 0) is 92.3 Å². The molecule has 0 bridgehead atoms. The summed E-state index contributed by atoms with van der Waals surface area (Å²) in [5.74, 6) is -0.348. The molecule has 0 spiro atoms. The van der Waals surface area contributed by atoms with Crippen LogP contribution < -0.4 is 15.5 Å². The quantitative estimate of drug-likeness (QED) is 0.430. The van der Waals surface area contributed by atoms with E-state index in [0.29, 0.717) is 0 Å². The van der Waals surface area contributed by atoms with Crippen LogP contribution in [0.25, 0.3) is 0 Å². The number of nitrogens with zero attached hydrogens (tertiary/aromatic N) is 2. The smallest absolute Gasteiger partial charge is 0.263 e. The molecule has 1 heterocycles. The first kappa shape index (κ1) is 22.9. The van der Waals surface area contributed by atoms with Crippen molar-refractivity contribution in [2.45, 2.75) is 64.3 Å². The summed E-state index contributed by atoms with van der Waals surface area (Å²) in [6.45, 7) is 4.27. The van der Waals surface area contributed by atoms with E-state index in [-0.39, 0.29) is 17.5 Å². The van der Waals surface area contributed by atoms with Gasteiger partial charge in [-0.3, -0.25) is 4.79 Å². The molecule has 5 heteroatoms. The summed E-state index contributed by atoms with van der Waals surface area (Å²) in [6.07, 6.45) is 10.8. The molecular formula is C28H34N4O. The summed E-state index contributed by atoms with van der Waals surface area (Å²) in [5.41, 5.74) is 6.10. The van der Waals surface area contributed by atoms with E-state index < -0.39 is 0 Å². The number of anilines is 2. The van der Waals surface area contributed by atoms with Gasteiger partial charge in [-0.25, -0.2) is 0 Å². The largest absolute Gasteiger partial charge is 0.372 e. The number of carbonyl (C=O) groups is 1. The molecule has 0 saturated carbocycles. The van der Waals surface area contributed by atoms with Crippen molar-refractivity contribution >= 4 is 17.3 Å². The highest BCUT2D eigenvalue weighted by atomic mass is 16.1. The number of nitriles is 1. The first-order chi connectivity index (χ1) is 16.2. The normalized spacial score (nSPS) is 17.0. The number of piperidine rings is 1. The lowest BCUT2D eigenvalue weighted by atomic mass is 9.88. The van der Waals surface area contributed by atoms with E-state index in [0.717, 1.165) is 43.6 Å². The van der Waals surface area contributed by atoms with E-state index in [1.54, 1.807) is 0 Å². The zero-order valence-corrected chi connectivity index (χ0v) is 19.6. The molecule has 1 saturated heterocycles. The third-order valence-corrected chi connectivity index (χ3v) is 6.83. The maximum Gasteiger partial charge on any atom is 0.263 e. The minimum absolute atomic E-state index is 0.0755. The lowest BCUT2D eigenvalue weighted by Gasteiger charge is -2.28. The highest BCUT2D eigenvalue weighted by molar-refractivity contribution is 5.97. The van der Waals surface area contributed by atoms with Crippen molar-refractivity contribution < 1.29 is 4.79 Å². The van der Waals surface area contributed by atoms with Gasteiger partial charge in [0.15, 0.2) is 0 Å². The van der Waals surface area contributed by atoms with Crippen LogP contribution in [-0.4, -0.2) is 19.0 Å². The Labute approximate surface area is 197 Å². The Morgan fingerprint density at radius 1 is 1.03 bits per heavy atom. The van der Waals surface area contributed by atoms with Crippen LogP contribution in [0.4, 0.5) is 11.4 Å². The van der Waals surface area contributed by atoms with E-state index in [2.05, 4.69) is 52.8 Å². The molecule has 1 amide bonds. The standard InChI is InChI=1S/C28H34N4O/c1-2-27(23-11-10-21-8-4-5-9-22(21)18-23)31-28(33)24(19-29)20-30-25-12-14-26(15-13-25)32-16-6-3-7-17-32/h10-15,18,20,27,30H,2-9,16-17H2,1H3,(H,31,33)/b24-20-. The summed E-state index contributed by atoms with van der Waals surface area (Å²) >= 11 is 0. The van der Waals surface area contributed by atoms with Gasteiger partial charge in [-0.2, -0.15) is 5.26 Å². The zero-order chi connectivity index (χ0) is 23.0. The number of benzene rings is 2. The fraction of sp³-hybridized carbons (Fsp3) is 0.429. The number of hydrogen-bond acceptors (Lipinski definition) is 4. The van der Waals surface area contributed by atoms with Crippen LogP contribution >= 0.6 is 0 Å². The second-order valence-corrected chi connectivity index (χ2v) is 9.08. The molecule has 2 N–H and O–H groups in total. The monoisotopic (exact) mass is 442 g/mol. The third-order valence-electron chi connectivity index (χ3n) is 6.83. The van der Waals surface area contributed by atoms with E-state index >= 15 is 0 Å². The molecule has 2 aromatic rings. The van der Waals surface area contributed by atoms with Crippen LogP contribution in [-0.2, 0) is 17.6 Å². The predicted octanol–water partition coefficient (Wildman–Crippen LogP) is 5.64. The van der Waals surface area contributed by atoms with Crippen LogP contribution in [0.1, 0.15) is 68.2 Å². The number of carbonyl (C=O) groups excluding carboxylic acids is 1. The highest BCUT2D eigenvalue weighted by Crippen LogP contribution is 2.26. The van der Waals surface area contributed by atoms with Gasteiger partial charge in [-0.1, -0.05) is 25.1 Å². The second-order valence-electron chi connectivity index (χ2n) is 9.08. The molecule has 172 valence electrons. The Balaban J connectivity index is 1.39. The van der Waals surface area contributed by atoms with Gasteiger partial charge in [0.25, 0.3) is 5.91 Å². The van der Waals surface area contributed by atoms with Crippen molar-refractivity contribution in [3.8, 4) is 6.07 Å². The molecule has 2 aliphatic rings. The van der Waals surface area contributed by atoms with Gasteiger partial charge in [-0.15, -0.1) is 0 Å². The van der Waals surface area contributed by atoms with Crippen molar-refractivity contribution in [3.63, 3.8) is 0 Å². The van der Waals surface area contributed by atoms with Crippen molar-refractivity contribution in [2.24, 2.45) is 0 Å². The molecule has 0 aromatic heterocycles. The molecular weight excluding hydrogens is 408 g/mol. The zero-order valence-electron chi connectivity index (χ0n) is 19.6. The Hall–Kier alpha value is -3.26. The SMILES string of the molecule is CCC(NC(=O)/C(C#N)=C\Nc1ccc(N2CCCCC2)cc1)c1ccc2c(c1)CCCC2. The Bertz CT molecular complexity index is 1030. The predicted molar refractivity (Wildman–Crippen MR) is 134 cm³/mol. The third kappa shape index (κ3) is 5.76. The Morgan fingerprint density at radius 2 is 1.76 bits per heavy atom. The van der Waals surface area contributed by atoms with E-state index in [9.17, 15) is 10.1 Å². The molecule has 33 heavy (non-hydrogen) atoms. The molecule has 5 nitrogen and oxygen atoms in total. The van der Waals surface area contributed by atoms with Gasteiger partial charge >= 0.3 is 0 Å². The lowest BCUT2D eigenvalue weighted by molar-refractivity contribution is -0.117. The minimum atomic E-state index is -0.348. The van der Waals surface area contributed by atoms with Crippen LogP contribution in [0.3, 0.4) is 0 Å². The number of fused-ring (bicyclic) bond motifs is 1. The van der Waals surface area contributed by atoms with Crippen LogP contribution in [0.15, 0.2) is 54.2 Å². The summed E-state index contributed by atoms with van der Waals surface area (Å²) in [7, 11) is 0. The maximum atomic E-state index is 12.8. The first-order valence-corrected chi connectivity index (χ1v) is 12.3. The molecule has 1 aliphatic heterocycles. The molecule has 1 aliphatic carbocycles. The second kappa shape index (κ2) is 11.0. The maximum absolute atomic E-state index is 12.8. The first-order valence-electron chi connectivity index (χ1n) is 12.3. The average molecular weight is 443 g/mol. The van der Waals surface area contributed by atoms with E-state index in [1.165, 1.54) is 55.1 Å². The minimum Gasteiger partial charge on any atom is -0.372 e. The van der Waals surface area contributed by atoms with Gasteiger partial charge < -0.3 is 15.5 Å². The summed E-state index contributed by atoms with van der Waals surface area (Å²) < 4.78 is 0. The summed E-state index contributed by atoms with van der Waals surface area (Å²) in [5, 5.41) is 15.7. The topological polar surface area (TPSA) is 68.2 Å². The summed E-state index contributed by atoms with van der Waals surface area (Å²) in [4.78, 5) is 15.2. The van der Waals surface area contributed by atoms with Gasteiger partial charge in [0, 0.05) is 30.7 Å². The van der Waals surface area contributed by atoms with Crippen molar-refractivity contribution in [2.75, 3.05) is 23.3 Å². The van der Waals surface area contributed by atoms with Crippen LogP contribution in [0.5, 0.6) is 0 Å². The van der Waals surface area contributed by atoms with Gasteiger partial charge in [0.1, 0.15) is 11.6 Å². The Morgan fingerprint density at radius 3 is 2.45 bits per heavy atom. The molecule has 0 radical (unpaired) electrons. The number of rotatable bonds is 7. The fourth-order valence-electron chi connectivity index (χ4n) is 4.85. The number of hydrogen-bond donors (Lipinski definition) is 2. The molecule has 2 aromatic carbocycles. The van der Waals surface area contributed by atoms with Crippen LogP contribution in [0, 0.1) is 11.3 Å². The number of aryl methyl sites for hydroxylation is 2. The van der Waals surface area contributed by atoms with E-state index in [1.807, 2.05) is 18.2 Å². The van der Waals surface area contributed by atoms with Crippen molar-refractivity contribution in [1.82, 2.24) is 5.32 Å². The van der Waals surface area contributed by atoms with Crippen molar-refractivity contribution in [1.29, 1.82) is 5.26 Å².